The molecule has 0 saturated heterocycles. The van der Waals surface area contributed by atoms with Crippen molar-refractivity contribution < 1.29 is 0 Å². The minimum Gasteiger partial charge on any atom is -0.399 e. The highest BCUT2D eigenvalue weighted by Crippen LogP contribution is 2.53. The van der Waals surface area contributed by atoms with Gasteiger partial charge < -0.3 is 10.6 Å². The van der Waals surface area contributed by atoms with Gasteiger partial charge in [0.2, 0.25) is 0 Å². The molecule has 3 rings (SSSR count). The van der Waals surface area contributed by atoms with Crippen molar-refractivity contribution in [3.05, 3.63) is 53.0 Å². The first-order valence-corrected chi connectivity index (χ1v) is 7.60. The van der Waals surface area contributed by atoms with Crippen LogP contribution in [0.2, 0.25) is 0 Å². The molecule has 6 nitrogen and oxygen atoms in total. The van der Waals surface area contributed by atoms with Crippen molar-refractivity contribution in [2.24, 2.45) is 17.1 Å². The van der Waals surface area contributed by atoms with Gasteiger partial charge in [0.1, 0.15) is 6.07 Å². The lowest BCUT2D eigenvalue weighted by atomic mass is 9.58. The molecular weight excluding hydrogens is 300 g/mol. The second-order valence-corrected chi connectivity index (χ2v) is 6.18. The molecule has 2 aliphatic rings. The molecule has 0 saturated carbocycles. The van der Waals surface area contributed by atoms with Crippen molar-refractivity contribution in [2.75, 3.05) is 20.1 Å². The lowest BCUT2D eigenvalue weighted by Crippen LogP contribution is -2.47. The zero-order valence-electron chi connectivity index (χ0n) is 13.3. The van der Waals surface area contributed by atoms with Gasteiger partial charge in [0.05, 0.1) is 23.4 Å². The quantitative estimate of drug-likeness (QED) is 0.838. The van der Waals surface area contributed by atoms with Gasteiger partial charge in [0.25, 0.3) is 0 Å². The van der Waals surface area contributed by atoms with Crippen molar-refractivity contribution >= 4 is 0 Å². The molecular formula is C18H16N6. The monoisotopic (exact) mass is 316 g/mol. The fourth-order valence-corrected chi connectivity index (χ4v) is 3.77. The van der Waals surface area contributed by atoms with E-state index in [9.17, 15) is 15.8 Å². The number of nitrogens with zero attached hydrogens (tertiary/aromatic N) is 5. The molecule has 2 N–H and O–H groups in total. The molecule has 0 fully saturated rings. The van der Waals surface area contributed by atoms with E-state index in [0.717, 1.165) is 11.1 Å². The molecule has 24 heavy (non-hydrogen) atoms. The third-order valence-corrected chi connectivity index (χ3v) is 4.91. The highest BCUT2D eigenvalue weighted by Gasteiger charge is 2.54. The number of fused-ring (bicyclic) bond motifs is 1. The fraction of sp³-hybridized carbons (Fsp3) is 0.333. The molecule has 0 aromatic carbocycles. The molecule has 6 heteroatoms. The Labute approximate surface area is 140 Å². The van der Waals surface area contributed by atoms with Crippen LogP contribution in [0.1, 0.15) is 11.5 Å². The number of hydrogen-bond acceptors (Lipinski definition) is 6. The van der Waals surface area contributed by atoms with Crippen LogP contribution in [-0.4, -0.2) is 30.0 Å². The second-order valence-electron chi connectivity index (χ2n) is 6.18. The van der Waals surface area contributed by atoms with Crippen LogP contribution in [0.15, 0.2) is 47.4 Å². The topological polar surface area (TPSA) is 114 Å². The Balaban J connectivity index is 2.33. The summed E-state index contributed by atoms with van der Waals surface area (Å²) >= 11 is 0. The van der Waals surface area contributed by atoms with E-state index in [1.807, 2.05) is 25.3 Å². The summed E-state index contributed by atoms with van der Waals surface area (Å²) in [5, 5.41) is 29.3. The fourth-order valence-electron chi connectivity index (χ4n) is 3.77. The van der Waals surface area contributed by atoms with E-state index in [0.29, 0.717) is 13.1 Å². The molecule has 0 spiro atoms. The molecule has 1 aromatic heterocycles. The SMILES string of the molecule is CN1CC=C2C(C#N)=C(N)C(C#N)(C#N)[C@H](c3ccncc3)[C@@H]2C1. The Hall–Kier alpha value is -3.14. The molecule has 0 unspecified atom stereocenters. The largest absolute Gasteiger partial charge is 0.399 e. The van der Waals surface area contributed by atoms with E-state index in [2.05, 4.69) is 28.1 Å². The van der Waals surface area contributed by atoms with Crippen LogP contribution in [0.3, 0.4) is 0 Å². The smallest absolute Gasteiger partial charge is 0.191 e. The summed E-state index contributed by atoms with van der Waals surface area (Å²) in [6.07, 6.45) is 5.27. The molecule has 0 radical (unpaired) electrons. The predicted molar refractivity (Wildman–Crippen MR) is 86.5 cm³/mol. The summed E-state index contributed by atoms with van der Waals surface area (Å²) in [5.41, 5.74) is 6.65. The Bertz CT molecular complexity index is 832. The van der Waals surface area contributed by atoms with E-state index in [-0.39, 0.29) is 17.2 Å². The van der Waals surface area contributed by atoms with Crippen molar-refractivity contribution in [1.82, 2.24) is 9.88 Å². The number of aromatic nitrogens is 1. The van der Waals surface area contributed by atoms with Gasteiger partial charge in [-0.3, -0.25) is 4.98 Å². The van der Waals surface area contributed by atoms with Gasteiger partial charge >= 0.3 is 0 Å². The number of nitrogens with two attached hydrogens (primary N) is 1. The van der Waals surface area contributed by atoms with Crippen LogP contribution in [0.5, 0.6) is 0 Å². The van der Waals surface area contributed by atoms with E-state index in [1.54, 1.807) is 12.4 Å². The summed E-state index contributed by atoms with van der Waals surface area (Å²) < 4.78 is 0. The Morgan fingerprint density at radius 3 is 2.50 bits per heavy atom. The third-order valence-electron chi connectivity index (χ3n) is 4.91. The van der Waals surface area contributed by atoms with E-state index in [4.69, 9.17) is 5.73 Å². The summed E-state index contributed by atoms with van der Waals surface area (Å²) in [4.78, 5) is 6.13. The Morgan fingerprint density at radius 1 is 1.25 bits per heavy atom. The van der Waals surface area contributed by atoms with Gasteiger partial charge in [-0.15, -0.1) is 0 Å². The minimum atomic E-state index is -1.56. The van der Waals surface area contributed by atoms with Gasteiger partial charge in [-0.1, -0.05) is 6.08 Å². The predicted octanol–water partition coefficient (Wildman–Crippen LogP) is 1.44. The van der Waals surface area contributed by atoms with Gasteiger partial charge in [0, 0.05) is 37.3 Å². The van der Waals surface area contributed by atoms with Gasteiger partial charge in [-0.05, 0) is 30.3 Å². The molecule has 118 valence electrons. The summed E-state index contributed by atoms with van der Waals surface area (Å²) in [6, 6.07) is 9.97. The van der Waals surface area contributed by atoms with E-state index in [1.165, 1.54) is 0 Å². The molecule has 0 bridgehead atoms. The molecule has 0 amide bonds. The molecule has 1 aliphatic carbocycles. The van der Waals surface area contributed by atoms with Gasteiger partial charge in [-0.25, -0.2) is 0 Å². The number of nitriles is 3. The molecule has 2 atom stereocenters. The summed E-state index contributed by atoms with van der Waals surface area (Å²) in [6.45, 7) is 1.36. The van der Waals surface area contributed by atoms with Gasteiger partial charge in [0.15, 0.2) is 5.41 Å². The average Bonchev–Trinajstić information content (AvgIpc) is 2.62. The van der Waals surface area contributed by atoms with E-state index < -0.39 is 11.3 Å². The Morgan fingerprint density at radius 2 is 1.92 bits per heavy atom. The third kappa shape index (κ3) is 2.07. The maximum atomic E-state index is 9.87. The zero-order chi connectivity index (χ0) is 17.3. The summed E-state index contributed by atoms with van der Waals surface area (Å²) in [5.74, 6) is -0.589. The van der Waals surface area contributed by atoms with E-state index >= 15 is 0 Å². The van der Waals surface area contributed by atoms with Crippen LogP contribution in [0.4, 0.5) is 0 Å². The lowest BCUT2D eigenvalue weighted by Gasteiger charge is -2.45. The van der Waals surface area contributed by atoms with Crippen molar-refractivity contribution in [3.63, 3.8) is 0 Å². The van der Waals surface area contributed by atoms with Crippen LogP contribution >= 0.6 is 0 Å². The standard InChI is InChI=1S/C18H16N6/c1-24-7-4-13-14(8-19)17(22)18(10-20,11-21)16(15(13)9-24)12-2-5-23-6-3-12/h2-6,15-16H,7,9,22H2,1H3/t15-,16-/m1/s1. The van der Waals surface area contributed by atoms with Crippen molar-refractivity contribution in [3.8, 4) is 18.2 Å². The van der Waals surface area contributed by atoms with Crippen molar-refractivity contribution in [1.29, 1.82) is 15.8 Å². The first kappa shape index (κ1) is 15.7. The molecule has 1 aliphatic heterocycles. The number of allylic oxidation sites excluding steroid dienone is 2. The van der Waals surface area contributed by atoms with Crippen LogP contribution in [0.25, 0.3) is 0 Å². The minimum absolute atomic E-state index is 0.0591. The van der Waals surface area contributed by atoms with Crippen LogP contribution in [0, 0.1) is 45.3 Å². The molecule has 2 heterocycles. The summed E-state index contributed by atoms with van der Waals surface area (Å²) in [7, 11) is 1.98. The highest BCUT2D eigenvalue weighted by molar-refractivity contribution is 5.59. The average molecular weight is 316 g/mol. The highest BCUT2D eigenvalue weighted by atomic mass is 15.1. The first-order valence-electron chi connectivity index (χ1n) is 7.60. The maximum absolute atomic E-state index is 9.87. The maximum Gasteiger partial charge on any atom is 0.191 e. The van der Waals surface area contributed by atoms with Crippen LogP contribution < -0.4 is 5.73 Å². The number of rotatable bonds is 1. The van der Waals surface area contributed by atoms with Crippen molar-refractivity contribution in [2.45, 2.75) is 5.92 Å². The zero-order valence-corrected chi connectivity index (χ0v) is 13.3. The second kappa shape index (κ2) is 5.81. The van der Waals surface area contributed by atoms with Crippen LogP contribution in [-0.2, 0) is 0 Å². The number of likely N-dealkylation sites (N-methyl/N-ethyl adjacent to an activating group) is 1. The normalized spacial score (nSPS) is 25.7. The number of pyridine rings is 1. The first-order chi connectivity index (χ1) is 11.6. The number of hydrogen-bond donors (Lipinski definition) is 1. The Kier molecular flexibility index (Phi) is 3.81. The lowest BCUT2D eigenvalue weighted by molar-refractivity contribution is 0.237. The van der Waals surface area contributed by atoms with Gasteiger partial charge in [-0.2, -0.15) is 15.8 Å². The molecule has 1 aromatic rings.